The van der Waals surface area contributed by atoms with Crippen molar-refractivity contribution in [3.8, 4) is 0 Å². The van der Waals surface area contributed by atoms with Crippen LogP contribution >= 0.6 is 24.0 Å². The van der Waals surface area contributed by atoms with Gasteiger partial charge in [0.05, 0.1) is 25.5 Å². The number of nitrogens with zero attached hydrogens (tertiary/aromatic N) is 5. The number of imidazole rings is 1. The Morgan fingerprint density at radius 2 is 2.15 bits per heavy atom. The number of piperidine rings is 1. The molecule has 0 aliphatic carbocycles. The number of aliphatic imine (C=N–C) groups is 1. The van der Waals surface area contributed by atoms with Crippen molar-refractivity contribution < 1.29 is 13.2 Å². The highest BCUT2D eigenvalue weighted by Gasteiger charge is 2.30. The van der Waals surface area contributed by atoms with Crippen LogP contribution in [-0.4, -0.2) is 77.8 Å². The van der Waals surface area contributed by atoms with Gasteiger partial charge in [0.2, 0.25) is 0 Å². The van der Waals surface area contributed by atoms with Crippen molar-refractivity contribution in [2.24, 2.45) is 10.9 Å². The van der Waals surface area contributed by atoms with Crippen LogP contribution in [-0.2, 0) is 0 Å². The molecule has 10 heteroatoms. The van der Waals surface area contributed by atoms with E-state index in [9.17, 15) is 13.2 Å². The maximum absolute atomic E-state index is 12.4. The molecule has 1 aliphatic rings. The Labute approximate surface area is 176 Å². The first kappa shape index (κ1) is 24.0. The summed E-state index contributed by atoms with van der Waals surface area (Å²) in [6.45, 7) is 6.32. The monoisotopic (exact) mass is 502 g/mol. The van der Waals surface area contributed by atoms with Crippen LogP contribution in [0.1, 0.15) is 26.3 Å². The summed E-state index contributed by atoms with van der Waals surface area (Å²) in [6, 6.07) is 0.308. The Morgan fingerprint density at radius 1 is 1.41 bits per heavy atom. The fraction of sp³-hybridized carbons (Fsp3) is 0.765. The molecule has 27 heavy (non-hydrogen) atoms. The van der Waals surface area contributed by atoms with Gasteiger partial charge in [0.1, 0.15) is 0 Å². The van der Waals surface area contributed by atoms with E-state index in [4.69, 9.17) is 0 Å². The fourth-order valence-corrected chi connectivity index (χ4v) is 3.23. The SMILES string of the molecule is CCNC(=NCCN(C)CC(F)(F)F)N1CCC(C)C(n2ccnc2)C1.I. The van der Waals surface area contributed by atoms with E-state index in [0.717, 1.165) is 32.0 Å². The summed E-state index contributed by atoms with van der Waals surface area (Å²) in [6.07, 6.45) is 2.44. The smallest absolute Gasteiger partial charge is 0.357 e. The molecule has 0 radical (unpaired) electrons. The number of aromatic nitrogens is 2. The highest BCUT2D eigenvalue weighted by molar-refractivity contribution is 14.0. The molecule has 1 aliphatic heterocycles. The van der Waals surface area contributed by atoms with Crippen molar-refractivity contribution in [1.82, 2.24) is 24.7 Å². The van der Waals surface area contributed by atoms with Crippen LogP contribution in [0.25, 0.3) is 0 Å². The summed E-state index contributed by atoms with van der Waals surface area (Å²) in [5.41, 5.74) is 0. The van der Waals surface area contributed by atoms with Crippen LogP contribution in [0.2, 0.25) is 0 Å². The summed E-state index contributed by atoms with van der Waals surface area (Å²) in [5.74, 6) is 1.30. The molecule has 0 amide bonds. The third-order valence-corrected chi connectivity index (χ3v) is 4.65. The molecule has 2 atom stereocenters. The lowest BCUT2D eigenvalue weighted by atomic mass is 9.93. The van der Waals surface area contributed by atoms with Gasteiger partial charge >= 0.3 is 6.18 Å². The van der Waals surface area contributed by atoms with Crippen LogP contribution < -0.4 is 5.32 Å². The van der Waals surface area contributed by atoms with E-state index in [0.29, 0.717) is 18.5 Å². The first-order chi connectivity index (χ1) is 12.3. The van der Waals surface area contributed by atoms with Gasteiger partial charge in [-0.2, -0.15) is 13.2 Å². The second kappa shape index (κ2) is 11.1. The van der Waals surface area contributed by atoms with Gasteiger partial charge < -0.3 is 14.8 Å². The number of nitrogens with one attached hydrogen (secondary N) is 1. The molecule has 2 rings (SSSR count). The zero-order valence-corrected chi connectivity index (χ0v) is 18.4. The minimum atomic E-state index is -4.18. The number of alkyl halides is 3. The Hall–Kier alpha value is -1.04. The second-order valence-electron chi connectivity index (χ2n) is 6.88. The zero-order valence-electron chi connectivity index (χ0n) is 16.1. The first-order valence-corrected chi connectivity index (χ1v) is 9.06. The predicted octanol–water partition coefficient (Wildman–Crippen LogP) is 2.84. The lowest BCUT2D eigenvalue weighted by Crippen LogP contribution is -2.49. The number of halogens is 4. The van der Waals surface area contributed by atoms with Crippen molar-refractivity contribution >= 4 is 29.9 Å². The van der Waals surface area contributed by atoms with Gasteiger partial charge in [-0.3, -0.25) is 9.89 Å². The van der Waals surface area contributed by atoms with Crippen LogP contribution in [0.5, 0.6) is 0 Å². The van der Waals surface area contributed by atoms with Crippen molar-refractivity contribution in [2.45, 2.75) is 32.5 Å². The molecule has 156 valence electrons. The molecule has 0 saturated carbocycles. The second-order valence-corrected chi connectivity index (χ2v) is 6.88. The fourth-order valence-electron chi connectivity index (χ4n) is 3.23. The average Bonchev–Trinajstić information content (AvgIpc) is 3.07. The minimum Gasteiger partial charge on any atom is -0.357 e. The van der Waals surface area contributed by atoms with Gasteiger partial charge in [0.15, 0.2) is 5.96 Å². The molecule has 1 N–H and O–H groups in total. The van der Waals surface area contributed by atoms with E-state index in [-0.39, 0.29) is 30.5 Å². The average molecular weight is 502 g/mol. The molecular weight excluding hydrogens is 472 g/mol. The maximum Gasteiger partial charge on any atom is 0.401 e. The van der Waals surface area contributed by atoms with Crippen LogP contribution in [0.3, 0.4) is 0 Å². The van der Waals surface area contributed by atoms with Gasteiger partial charge in [-0.15, -0.1) is 24.0 Å². The van der Waals surface area contributed by atoms with Gasteiger partial charge in [0, 0.05) is 38.6 Å². The lowest BCUT2D eigenvalue weighted by molar-refractivity contribution is -0.142. The van der Waals surface area contributed by atoms with Gasteiger partial charge in [-0.25, -0.2) is 4.98 Å². The van der Waals surface area contributed by atoms with Crippen molar-refractivity contribution in [2.75, 3.05) is 46.3 Å². The first-order valence-electron chi connectivity index (χ1n) is 9.06. The lowest BCUT2D eigenvalue weighted by Gasteiger charge is -2.39. The van der Waals surface area contributed by atoms with E-state index in [1.54, 1.807) is 6.20 Å². The molecule has 2 heterocycles. The minimum absolute atomic E-state index is 0. The largest absolute Gasteiger partial charge is 0.401 e. The van der Waals surface area contributed by atoms with Crippen LogP contribution in [0.15, 0.2) is 23.7 Å². The highest BCUT2D eigenvalue weighted by Crippen LogP contribution is 2.27. The van der Waals surface area contributed by atoms with Crippen molar-refractivity contribution in [1.29, 1.82) is 0 Å². The van der Waals surface area contributed by atoms with Crippen LogP contribution in [0.4, 0.5) is 13.2 Å². The molecule has 1 aromatic rings. The quantitative estimate of drug-likeness (QED) is 0.370. The number of likely N-dealkylation sites (tertiary alicyclic amines) is 1. The predicted molar refractivity (Wildman–Crippen MR) is 112 cm³/mol. The molecule has 0 aromatic carbocycles. The van der Waals surface area contributed by atoms with Crippen LogP contribution in [0, 0.1) is 5.92 Å². The Bertz CT molecular complexity index is 564. The molecule has 6 nitrogen and oxygen atoms in total. The van der Waals surface area contributed by atoms with Gasteiger partial charge in [-0.1, -0.05) is 6.92 Å². The summed E-state index contributed by atoms with van der Waals surface area (Å²) in [4.78, 5) is 12.1. The van der Waals surface area contributed by atoms with Gasteiger partial charge in [0.25, 0.3) is 0 Å². The maximum atomic E-state index is 12.4. The third-order valence-electron chi connectivity index (χ3n) is 4.65. The summed E-state index contributed by atoms with van der Waals surface area (Å²) < 4.78 is 39.4. The molecule has 0 bridgehead atoms. The van der Waals surface area contributed by atoms with E-state index in [1.165, 1.54) is 11.9 Å². The highest BCUT2D eigenvalue weighted by atomic mass is 127. The van der Waals surface area contributed by atoms with Gasteiger partial charge in [-0.05, 0) is 26.3 Å². The third kappa shape index (κ3) is 7.84. The van der Waals surface area contributed by atoms with E-state index < -0.39 is 12.7 Å². The number of likely N-dealkylation sites (N-methyl/N-ethyl adjacent to an activating group) is 1. The topological polar surface area (TPSA) is 48.7 Å². The van der Waals surface area contributed by atoms with E-state index in [2.05, 4.69) is 31.7 Å². The molecule has 2 unspecified atom stereocenters. The molecule has 1 fully saturated rings. The zero-order chi connectivity index (χ0) is 19.2. The number of guanidine groups is 1. The molecule has 1 saturated heterocycles. The van der Waals surface area contributed by atoms with E-state index in [1.807, 2.05) is 19.4 Å². The number of hydrogen-bond acceptors (Lipinski definition) is 3. The Balaban J connectivity index is 0.00000364. The summed E-state index contributed by atoms with van der Waals surface area (Å²) >= 11 is 0. The Kier molecular flexibility index (Phi) is 9.85. The van der Waals surface area contributed by atoms with Crippen molar-refractivity contribution in [3.63, 3.8) is 0 Å². The number of rotatable bonds is 6. The van der Waals surface area contributed by atoms with E-state index >= 15 is 0 Å². The summed E-state index contributed by atoms with van der Waals surface area (Å²) in [5, 5.41) is 3.27. The van der Waals surface area contributed by atoms with Crippen molar-refractivity contribution in [3.05, 3.63) is 18.7 Å². The summed E-state index contributed by atoms with van der Waals surface area (Å²) in [7, 11) is 1.47. The molecule has 1 aromatic heterocycles. The standard InChI is InChI=1S/C17H29F3N6.HI/c1-4-22-16(23-7-9-24(3)12-17(18,19)20)25-8-5-14(2)15(11-25)26-10-6-21-13-26;/h6,10,13-15H,4-5,7-9,11-12H2,1-3H3,(H,22,23);1H. The number of hydrogen-bond donors (Lipinski definition) is 1. The normalized spacial score (nSPS) is 21.3. The molecule has 0 spiro atoms. The molecular formula is C17H30F3IN6. The Morgan fingerprint density at radius 3 is 2.74 bits per heavy atom.